The Morgan fingerprint density at radius 3 is 2.73 bits per heavy atom. The van der Waals surface area contributed by atoms with Crippen LogP contribution in [0.4, 0.5) is 0 Å². The molecule has 22 heavy (non-hydrogen) atoms. The molecule has 0 amide bonds. The zero-order valence-corrected chi connectivity index (χ0v) is 12.9. The van der Waals surface area contributed by atoms with E-state index in [2.05, 4.69) is 30.3 Å². The first-order valence-corrected chi connectivity index (χ1v) is 7.63. The molecular weight excluding hydrogens is 280 g/mol. The van der Waals surface area contributed by atoms with Gasteiger partial charge in [-0.1, -0.05) is 36.4 Å². The number of rotatable bonds is 4. The predicted octanol–water partition coefficient (Wildman–Crippen LogP) is 2.87. The summed E-state index contributed by atoms with van der Waals surface area (Å²) in [6, 6.07) is 14.6. The summed E-state index contributed by atoms with van der Waals surface area (Å²) in [4.78, 5) is 0. The zero-order valence-electron chi connectivity index (χ0n) is 12.9. The molecule has 4 nitrogen and oxygen atoms in total. The quantitative estimate of drug-likeness (QED) is 0.943. The summed E-state index contributed by atoms with van der Waals surface area (Å²) in [6.45, 7) is 2.40. The van der Waals surface area contributed by atoms with Gasteiger partial charge in [0.15, 0.2) is 6.29 Å². The van der Waals surface area contributed by atoms with E-state index in [0.717, 1.165) is 5.56 Å². The number of aliphatic hydroxyl groups is 1. The van der Waals surface area contributed by atoms with Crippen molar-refractivity contribution in [2.24, 2.45) is 0 Å². The van der Waals surface area contributed by atoms with Crippen molar-refractivity contribution in [2.45, 2.75) is 44.6 Å². The maximum Gasteiger partial charge on any atom is 0.157 e. The highest BCUT2D eigenvalue weighted by molar-refractivity contribution is 5.82. The van der Waals surface area contributed by atoms with Gasteiger partial charge in [0.25, 0.3) is 0 Å². The summed E-state index contributed by atoms with van der Waals surface area (Å²) >= 11 is 0. The predicted molar refractivity (Wildman–Crippen MR) is 84.5 cm³/mol. The van der Waals surface area contributed by atoms with E-state index in [1.165, 1.54) is 10.8 Å². The molecule has 0 bridgehead atoms. The van der Waals surface area contributed by atoms with Crippen molar-refractivity contribution < 1.29 is 19.3 Å². The highest BCUT2D eigenvalue weighted by Gasteiger charge is 2.36. The topological polar surface area (TPSA) is 47.9 Å². The molecule has 4 heteroatoms. The summed E-state index contributed by atoms with van der Waals surface area (Å²) in [5.41, 5.74) is 1.12. The standard InChI is InChI=1S/C18H22O4/c1-12-18(16(20-2)10-17(19)22-12)21-11-13-7-8-14-5-3-4-6-15(14)9-13/h3-9,12,16-19H,10-11H2,1-2H3/t12-,16-,17?,18-/m1/s1. The number of benzene rings is 2. The minimum absolute atomic E-state index is 0.154. The molecular formula is C18H22O4. The Morgan fingerprint density at radius 2 is 1.95 bits per heavy atom. The van der Waals surface area contributed by atoms with Gasteiger partial charge >= 0.3 is 0 Å². The normalized spacial score (nSPS) is 28.9. The largest absolute Gasteiger partial charge is 0.378 e. The molecule has 0 saturated carbocycles. The Labute approximate surface area is 130 Å². The number of ether oxygens (including phenoxy) is 3. The van der Waals surface area contributed by atoms with E-state index in [1.807, 2.05) is 19.1 Å². The van der Waals surface area contributed by atoms with E-state index in [0.29, 0.717) is 13.0 Å². The smallest absolute Gasteiger partial charge is 0.157 e. The highest BCUT2D eigenvalue weighted by atomic mass is 16.6. The molecule has 1 aliphatic rings. The molecule has 2 aromatic rings. The van der Waals surface area contributed by atoms with Gasteiger partial charge in [0.05, 0.1) is 18.8 Å². The molecule has 1 aliphatic heterocycles. The van der Waals surface area contributed by atoms with Gasteiger partial charge in [-0.2, -0.15) is 0 Å². The third-order valence-corrected chi connectivity index (χ3v) is 4.19. The lowest BCUT2D eigenvalue weighted by Crippen LogP contribution is -2.49. The second-order valence-corrected chi connectivity index (χ2v) is 5.76. The Morgan fingerprint density at radius 1 is 1.18 bits per heavy atom. The molecule has 0 aromatic heterocycles. The fourth-order valence-corrected chi connectivity index (χ4v) is 3.01. The minimum Gasteiger partial charge on any atom is -0.378 e. The molecule has 1 fully saturated rings. The fourth-order valence-electron chi connectivity index (χ4n) is 3.01. The number of fused-ring (bicyclic) bond motifs is 1. The highest BCUT2D eigenvalue weighted by Crippen LogP contribution is 2.25. The van der Waals surface area contributed by atoms with Crippen molar-refractivity contribution in [3.05, 3.63) is 48.0 Å². The van der Waals surface area contributed by atoms with Crippen molar-refractivity contribution in [3.63, 3.8) is 0 Å². The van der Waals surface area contributed by atoms with Crippen molar-refractivity contribution in [2.75, 3.05) is 7.11 Å². The van der Waals surface area contributed by atoms with Crippen LogP contribution in [0.1, 0.15) is 18.9 Å². The van der Waals surface area contributed by atoms with Crippen LogP contribution in [0, 0.1) is 0 Å². The van der Waals surface area contributed by atoms with Crippen LogP contribution < -0.4 is 0 Å². The van der Waals surface area contributed by atoms with E-state index in [1.54, 1.807) is 7.11 Å². The maximum atomic E-state index is 9.64. The first-order valence-electron chi connectivity index (χ1n) is 7.63. The van der Waals surface area contributed by atoms with Gasteiger partial charge < -0.3 is 19.3 Å². The summed E-state index contributed by atoms with van der Waals surface area (Å²) < 4.78 is 16.9. The fraction of sp³-hybridized carbons (Fsp3) is 0.444. The third kappa shape index (κ3) is 3.31. The molecule has 3 rings (SSSR count). The number of hydrogen-bond acceptors (Lipinski definition) is 4. The summed E-state index contributed by atoms with van der Waals surface area (Å²) in [5, 5.41) is 12.1. The Hall–Kier alpha value is -1.46. The van der Waals surface area contributed by atoms with E-state index < -0.39 is 6.29 Å². The number of aliphatic hydroxyl groups excluding tert-OH is 1. The summed E-state index contributed by atoms with van der Waals surface area (Å²) in [7, 11) is 1.64. The van der Waals surface area contributed by atoms with Crippen LogP contribution in [0.25, 0.3) is 10.8 Å². The van der Waals surface area contributed by atoms with Gasteiger partial charge in [-0.15, -0.1) is 0 Å². The first-order chi connectivity index (χ1) is 10.7. The maximum absolute atomic E-state index is 9.64. The van der Waals surface area contributed by atoms with Crippen LogP contribution in [0.3, 0.4) is 0 Å². The van der Waals surface area contributed by atoms with Crippen LogP contribution in [0.2, 0.25) is 0 Å². The third-order valence-electron chi connectivity index (χ3n) is 4.19. The van der Waals surface area contributed by atoms with Crippen molar-refractivity contribution in [1.29, 1.82) is 0 Å². The van der Waals surface area contributed by atoms with Crippen molar-refractivity contribution >= 4 is 10.8 Å². The molecule has 1 saturated heterocycles. The van der Waals surface area contributed by atoms with E-state index in [9.17, 15) is 5.11 Å². The van der Waals surface area contributed by atoms with Gasteiger partial charge in [-0.3, -0.25) is 0 Å². The lowest BCUT2D eigenvalue weighted by Gasteiger charge is -2.37. The Bertz CT molecular complexity index is 627. The van der Waals surface area contributed by atoms with Crippen LogP contribution in [0.15, 0.2) is 42.5 Å². The molecule has 0 spiro atoms. The first kappa shape index (κ1) is 15.4. The molecule has 4 atom stereocenters. The number of hydrogen-bond donors (Lipinski definition) is 1. The molecule has 0 aliphatic carbocycles. The molecule has 0 radical (unpaired) electrons. The molecule has 1 unspecified atom stereocenters. The van der Waals surface area contributed by atoms with Gasteiger partial charge in [0, 0.05) is 13.5 Å². The average Bonchev–Trinajstić information content (AvgIpc) is 2.53. The second kappa shape index (κ2) is 6.75. The minimum atomic E-state index is -0.777. The SMILES string of the molecule is CO[C@@H]1CC(O)O[C@H](C)[C@H]1OCc1ccc2ccccc2c1. The molecule has 1 heterocycles. The van der Waals surface area contributed by atoms with Gasteiger partial charge in [-0.25, -0.2) is 0 Å². The zero-order chi connectivity index (χ0) is 15.5. The second-order valence-electron chi connectivity index (χ2n) is 5.76. The van der Waals surface area contributed by atoms with Crippen LogP contribution in [0.5, 0.6) is 0 Å². The van der Waals surface area contributed by atoms with Crippen molar-refractivity contribution in [1.82, 2.24) is 0 Å². The van der Waals surface area contributed by atoms with E-state index >= 15 is 0 Å². The van der Waals surface area contributed by atoms with Crippen LogP contribution >= 0.6 is 0 Å². The number of methoxy groups -OCH3 is 1. The average molecular weight is 302 g/mol. The van der Waals surface area contributed by atoms with Gasteiger partial charge in [-0.05, 0) is 29.3 Å². The monoisotopic (exact) mass is 302 g/mol. The molecule has 2 aromatic carbocycles. The Kier molecular flexibility index (Phi) is 4.74. The Balaban J connectivity index is 1.69. The van der Waals surface area contributed by atoms with Crippen LogP contribution in [-0.4, -0.2) is 36.8 Å². The van der Waals surface area contributed by atoms with Gasteiger partial charge in [0.2, 0.25) is 0 Å². The lowest BCUT2D eigenvalue weighted by atomic mass is 10.0. The molecule has 1 N–H and O–H groups in total. The molecule has 118 valence electrons. The van der Waals surface area contributed by atoms with Crippen molar-refractivity contribution in [3.8, 4) is 0 Å². The summed E-state index contributed by atoms with van der Waals surface area (Å²) in [5.74, 6) is 0. The lowest BCUT2D eigenvalue weighted by molar-refractivity contribution is -0.245. The van der Waals surface area contributed by atoms with Crippen LogP contribution in [-0.2, 0) is 20.8 Å². The van der Waals surface area contributed by atoms with E-state index in [-0.39, 0.29) is 18.3 Å². The summed E-state index contributed by atoms with van der Waals surface area (Å²) in [6.07, 6.45) is -0.878. The van der Waals surface area contributed by atoms with Gasteiger partial charge in [0.1, 0.15) is 6.10 Å². The van der Waals surface area contributed by atoms with E-state index in [4.69, 9.17) is 14.2 Å².